The van der Waals surface area contributed by atoms with Crippen molar-refractivity contribution in [1.29, 1.82) is 0 Å². The summed E-state index contributed by atoms with van der Waals surface area (Å²) in [4.78, 5) is 14.2. The van der Waals surface area contributed by atoms with Crippen LogP contribution in [-0.2, 0) is 11.3 Å². The zero-order valence-corrected chi connectivity index (χ0v) is 13.1. The maximum absolute atomic E-state index is 11.3. The van der Waals surface area contributed by atoms with Gasteiger partial charge in [-0.05, 0) is 17.7 Å². The number of fused-ring (bicyclic) bond motifs is 1. The van der Waals surface area contributed by atoms with E-state index < -0.39 is 0 Å². The van der Waals surface area contributed by atoms with E-state index in [4.69, 9.17) is 5.73 Å². The molecule has 1 aliphatic heterocycles. The van der Waals surface area contributed by atoms with Crippen LogP contribution < -0.4 is 15.5 Å². The van der Waals surface area contributed by atoms with Crippen molar-refractivity contribution in [3.8, 4) is 0 Å². The molecule has 0 radical (unpaired) electrons. The fourth-order valence-corrected chi connectivity index (χ4v) is 3.45. The molecule has 4 N–H and O–H groups in total. The molecular weight excluding hydrogens is 274 g/mol. The first kappa shape index (κ1) is 15.0. The molecule has 116 valence electrons. The molecule has 1 heterocycles. The number of piperazine rings is 1. The summed E-state index contributed by atoms with van der Waals surface area (Å²) in [5.74, 6) is -0.187. The average molecular weight is 299 g/mol. The number of primary amides is 1. The molecule has 1 atom stereocenters. The number of rotatable bonds is 4. The summed E-state index contributed by atoms with van der Waals surface area (Å²) in [6.45, 7) is 7.22. The molecule has 0 spiro atoms. The molecule has 3 rings (SSSR count). The van der Waals surface area contributed by atoms with E-state index in [2.05, 4.69) is 42.5 Å². The van der Waals surface area contributed by atoms with Crippen LogP contribution in [0.1, 0.15) is 12.5 Å². The van der Waals surface area contributed by atoms with E-state index >= 15 is 0 Å². The van der Waals surface area contributed by atoms with Gasteiger partial charge in [0, 0.05) is 5.56 Å². The second-order valence-corrected chi connectivity index (χ2v) is 6.35. The van der Waals surface area contributed by atoms with Crippen molar-refractivity contribution in [2.75, 3.05) is 26.2 Å². The van der Waals surface area contributed by atoms with Crippen LogP contribution in [-0.4, -0.2) is 38.1 Å². The summed E-state index contributed by atoms with van der Waals surface area (Å²) in [5.41, 5.74) is 6.84. The Morgan fingerprint density at radius 2 is 1.77 bits per heavy atom. The highest BCUT2D eigenvalue weighted by Crippen LogP contribution is 2.17. The molecule has 0 aromatic heterocycles. The molecule has 4 nitrogen and oxygen atoms in total. The number of carbonyl (C=O) groups is 1. The number of carbonyl (C=O) groups excluding carboxylic acids is 1. The molecule has 2 aromatic rings. The van der Waals surface area contributed by atoms with E-state index in [-0.39, 0.29) is 11.9 Å². The highest BCUT2D eigenvalue weighted by Gasteiger charge is 2.29. The topological polar surface area (TPSA) is 52.0 Å². The number of hydrogen-bond donors (Lipinski definition) is 3. The van der Waals surface area contributed by atoms with E-state index in [9.17, 15) is 4.79 Å². The van der Waals surface area contributed by atoms with Crippen LogP contribution in [0.4, 0.5) is 0 Å². The normalized spacial score (nSPS) is 23.3. The second kappa shape index (κ2) is 6.46. The van der Waals surface area contributed by atoms with Crippen LogP contribution in [0.3, 0.4) is 0 Å². The molecule has 2 aromatic carbocycles. The minimum Gasteiger partial charge on any atom is -0.365 e. The second-order valence-electron chi connectivity index (χ2n) is 6.35. The van der Waals surface area contributed by atoms with Crippen LogP contribution in [0.2, 0.25) is 0 Å². The number of hydrogen-bond acceptors (Lipinski definition) is 1. The SMILES string of the molecule is C[C@H](C(N)=O)[NH+]1CC[NH+](Cc2cccc3ccccc23)CC1. The van der Waals surface area contributed by atoms with Crippen molar-refractivity contribution < 1.29 is 14.6 Å². The van der Waals surface area contributed by atoms with Crippen molar-refractivity contribution in [2.45, 2.75) is 19.5 Å². The maximum atomic E-state index is 11.3. The number of benzene rings is 2. The minimum atomic E-state index is -0.187. The Balaban J connectivity index is 1.66. The van der Waals surface area contributed by atoms with Gasteiger partial charge in [-0.25, -0.2) is 0 Å². The van der Waals surface area contributed by atoms with Gasteiger partial charge in [-0.3, -0.25) is 4.79 Å². The van der Waals surface area contributed by atoms with E-state index in [0.29, 0.717) is 0 Å². The van der Waals surface area contributed by atoms with Gasteiger partial charge in [0.2, 0.25) is 0 Å². The van der Waals surface area contributed by atoms with Gasteiger partial charge >= 0.3 is 0 Å². The minimum absolute atomic E-state index is 0.0703. The molecule has 1 amide bonds. The molecule has 0 aliphatic carbocycles. The van der Waals surface area contributed by atoms with Crippen LogP contribution in [0.25, 0.3) is 10.8 Å². The lowest BCUT2D eigenvalue weighted by Crippen LogP contribution is -3.29. The molecule has 0 bridgehead atoms. The molecule has 0 saturated carbocycles. The van der Waals surface area contributed by atoms with Gasteiger partial charge in [0.1, 0.15) is 32.7 Å². The van der Waals surface area contributed by atoms with Gasteiger partial charge in [-0.1, -0.05) is 42.5 Å². The lowest BCUT2D eigenvalue weighted by molar-refractivity contribution is -1.02. The number of nitrogens with two attached hydrogens (primary N) is 1. The molecule has 1 fully saturated rings. The van der Waals surface area contributed by atoms with Crippen LogP contribution in [0.5, 0.6) is 0 Å². The van der Waals surface area contributed by atoms with Crippen molar-refractivity contribution >= 4 is 16.7 Å². The zero-order valence-electron chi connectivity index (χ0n) is 13.1. The lowest BCUT2D eigenvalue weighted by Gasteiger charge is -2.32. The highest BCUT2D eigenvalue weighted by atomic mass is 16.1. The van der Waals surface area contributed by atoms with Gasteiger partial charge in [-0.2, -0.15) is 0 Å². The molecular formula is C18H25N3O+2. The quantitative estimate of drug-likeness (QED) is 0.666. The summed E-state index contributed by atoms with van der Waals surface area (Å²) in [7, 11) is 0. The monoisotopic (exact) mass is 299 g/mol. The standard InChI is InChI=1S/C18H23N3O/c1-14(18(19)22)21-11-9-20(10-12-21)13-16-7-4-6-15-5-2-3-8-17(15)16/h2-8,14H,9-13H2,1H3,(H2,19,22)/p+2/t14-/m1/s1. The summed E-state index contributed by atoms with van der Waals surface area (Å²) < 4.78 is 0. The Morgan fingerprint density at radius 1 is 1.09 bits per heavy atom. The predicted octanol–water partition coefficient (Wildman–Crippen LogP) is -1.00. The molecule has 0 unspecified atom stereocenters. The number of amides is 1. The summed E-state index contributed by atoms with van der Waals surface area (Å²) in [6, 6.07) is 15.1. The average Bonchev–Trinajstić information content (AvgIpc) is 2.55. The number of nitrogens with one attached hydrogen (secondary N) is 2. The van der Waals surface area contributed by atoms with Gasteiger partial charge < -0.3 is 15.5 Å². The van der Waals surface area contributed by atoms with E-state index in [1.54, 1.807) is 4.90 Å². The first-order valence-corrected chi connectivity index (χ1v) is 8.09. The Bertz CT molecular complexity index is 657. The molecule has 1 saturated heterocycles. The third kappa shape index (κ3) is 3.13. The zero-order chi connectivity index (χ0) is 15.5. The Kier molecular flexibility index (Phi) is 4.41. The Labute approximate surface area is 131 Å². The third-order valence-electron chi connectivity index (χ3n) is 4.96. The van der Waals surface area contributed by atoms with Crippen LogP contribution in [0, 0.1) is 0 Å². The third-order valence-corrected chi connectivity index (χ3v) is 4.96. The molecule has 4 heteroatoms. The fraction of sp³-hybridized carbons (Fsp3) is 0.389. The van der Waals surface area contributed by atoms with Crippen molar-refractivity contribution in [2.24, 2.45) is 5.73 Å². The summed E-state index contributed by atoms with van der Waals surface area (Å²) >= 11 is 0. The fourth-order valence-electron chi connectivity index (χ4n) is 3.45. The van der Waals surface area contributed by atoms with Crippen LogP contribution >= 0.6 is 0 Å². The predicted molar refractivity (Wildman–Crippen MR) is 87.7 cm³/mol. The molecule has 22 heavy (non-hydrogen) atoms. The van der Waals surface area contributed by atoms with E-state index in [1.165, 1.54) is 21.2 Å². The van der Waals surface area contributed by atoms with E-state index in [1.807, 2.05) is 6.92 Å². The van der Waals surface area contributed by atoms with Gasteiger partial charge in [0.25, 0.3) is 5.91 Å². The Hall–Kier alpha value is -1.91. The lowest BCUT2D eigenvalue weighted by atomic mass is 10.0. The molecule has 1 aliphatic rings. The first-order chi connectivity index (χ1) is 10.6. The van der Waals surface area contributed by atoms with Crippen molar-refractivity contribution in [1.82, 2.24) is 0 Å². The summed E-state index contributed by atoms with van der Waals surface area (Å²) in [5, 5.41) is 2.67. The van der Waals surface area contributed by atoms with Crippen molar-refractivity contribution in [3.63, 3.8) is 0 Å². The van der Waals surface area contributed by atoms with Crippen LogP contribution in [0.15, 0.2) is 42.5 Å². The summed E-state index contributed by atoms with van der Waals surface area (Å²) in [6.07, 6.45) is 0. The van der Waals surface area contributed by atoms with Gasteiger partial charge in [0.05, 0.1) is 0 Å². The van der Waals surface area contributed by atoms with Gasteiger partial charge in [0.15, 0.2) is 6.04 Å². The first-order valence-electron chi connectivity index (χ1n) is 8.09. The number of quaternary nitrogens is 2. The van der Waals surface area contributed by atoms with E-state index in [0.717, 1.165) is 32.7 Å². The largest absolute Gasteiger partial charge is 0.365 e. The smallest absolute Gasteiger partial charge is 0.275 e. The van der Waals surface area contributed by atoms with Crippen molar-refractivity contribution in [3.05, 3.63) is 48.0 Å². The highest BCUT2D eigenvalue weighted by molar-refractivity contribution is 5.85. The van der Waals surface area contributed by atoms with Gasteiger partial charge in [-0.15, -0.1) is 0 Å². The maximum Gasteiger partial charge on any atom is 0.275 e. The Morgan fingerprint density at radius 3 is 2.50 bits per heavy atom.